The predicted molar refractivity (Wildman–Crippen MR) is 64.2 cm³/mol. The molecule has 4 nitrogen and oxygen atoms in total. The van der Waals surface area contributed by atoms with Crippen LogP contribution >= 0.6 is 0 Å². The van der Waals surface area contributed by atoms with Gasteiger partial charge in [-0.3, -0.25) is 4.79 Å². The lowest BCUT2D eigenvalue weighted by molar-refractivity contribution is -0.127. The van der Waals surface area contributed by atoms with E-state index in [0.717, 1.165) is 26.1 Å². The van der Waals surface area contributed by atoms with E-state index < -0.39 is 0 Å². The van der Waals surface area contributed by atoms with Crippen molar-refractivity contribution >= 4 is 5.91 Å². The molecule has 1 amide bonds. The van der Waals surface area contributed by atoms with Crippen LogP contribution in [0.3, 0.4) is 0 Å². The van der Waals surface area contributed by atoms with Crippen molar-refractivity contribution < 1.29 is 9.90 Å². The van der Waals surface area contributed by atoms with Crippen molar-refractivity contribution in [2.45, 2.75) is 32.7 Å². The van der Waals surface area contributed by atoms with E-state index in [-0.39, 0.29) is 18.4 Å². The molecule has 1 aliphatic rings. The van der Waals surface area contributed by atoms with Crippen molar-refractivity contribution in [2.24, 2.45) is 5.92 Å². The Morgan fingerprint density at radius 3 is 2.75 bits per heavy atom. The average Bonchev–Trinajstić information content (AvgIpc) is 2.59. The van der Waals surface area contributed by atoms with Gasteiger partial charge < -0.3 is 14.9 Å². The molecule has 0 saturated carbocycles. The van der Waals surface area contributed by atoms with Crippen LogP contribution in [0.1, 0.15) is 26.7 Å². The molecule has 0 aromatic heterocycles. The monoisotopic (exact) mass is 228 g/mol. The Hall–Kier alpha value is -0.610. The third-order valence-electron chi connectivity index (χ3n) is 3.37. The van der Waals surface area contributed by atoms with Gasteiger partial charge in [0.2, 0.25) is 5.91 Å². The summed E-state index contributed by atoms with van der Waals surface area (Å²) in [4.78, 5) is 15.7. The molecule has 0 aliphatic carbocycles. The van der Waals surface area contributed by atoms with Crippen LogP contribution in [0.25, 0.3) is 0 Å². The maximum absolute atomic E-state index is 11.6. The van der Waals surface area contributed by atoms with E-state index in [4.69, 9.17) is 5.11 Å². The lowest BCUT2D eigenvalue weighted by Crippen LogP contribution is -2.32. The maximum atomic E-state index is 11.6. The number of hydrogen-bond acceptors (Lipinski definition) is 3. The van der Waals surface area contributed by atoms with Gasteiger partial charge in [-0.1, -0.05) is 0 Å². The van der Waals surface area contributed by atoms with Crippen LogP contribution in [0, 0.1) is 5.92 Å². The number of hydrogen-bond donors (Lipinski definition) is 1. The van der Waals surface area contributed by atoms with Crippen LogP contribution < -0.4 is 0 Å². The van der Waals surface area contributed by atoms with Gasteiger partial charge >= 0.3 is 0 Å². The maximum Gasteiger partial charge on any atom is 0.223 e. The quantitative estimate of drug-likeness (QED) is 0.722. The first-order valence-electron chi connectivity index (χ1n) is 6.13. The Morgan fingerprint density at radius 1 is 1.56 bits per heavy atom. The number of likely N-dealkylation sites (tertiary alicyclic amines) is 1. The summed E-state index contributed by atoms with van der Waals surface area (Å²) in [6, 6.07) is 0.555. The van der Waals surface area contributed by atoms with Crippen molar-refractivity contribution in [3.63, 3.8) is 0 Å². The minimum absolute atomic E-state index is 0.133. The Morgan fingerprint density at radius 2 is 2.25 bits per heavy atom. The second-order valence-corrected chi connectivity index (χ2v) is 5.02. The van der Waals surface area contributed by atoms with Gasteiger partial charge in [0.25, 0.3) is 0 Å². The molecule has 0 aromatic rings. The van der Waals surface area contributed by atoms with Crippen LogP contribution in [0.5, 0.6) is 0 Å². The van der Waals surface area contributed by atoms with Crippen LogP contribution in [0.4, 0.5) is 0 Å². The van der Waals surface area contributed by atoms with Gasteiger partial charge in [-0.05, 0) is 33.9 Å². The SMILES string of the molecule is CC(C)N(C)CCCN1CC(CO)CC1=O. The highest BCUT2D eigenvalue weighted by Gasteiger charge is 2.28. The van der Waals surface area contributed by atoms with Crippen molar-refractivity contribution in [1.82, 2.24) is 9.80 Å². The summed E-state index contributed by atoms with van der Waals surface area (Å²) in [5.74, 6) is 0.363. The highest BCUT2D eigenvalue weighted by molar-refractivity contribution is 5.78. The molecule has 0 bridgehead atoms. The minimum Gasteiger partial charge on any atom is -0.396 e. The Kier molecular flexibility index (Phi) is 5.22. The van der Waals surface area contributed by atoms with Crippen LogP contribution in [-0.2, 0) is 4.79 Å². The number of nitrogens with zero attached hydrogens (tertiary/aromatic N) is 2. The Labute approximate surface area is 98.2 Å². The molecule has 1 atom stereocenters. The van der Waals surface area contributed by atoms with Crippen molar-refractivity contribution in [1.29, 1.82) is 0 Å². The molecular weight excluding hydrogens is 204 g/mol. The smallest absolute Gasteiger partial charge is 0.223 e. The van der Waals surface area contributed by atoms with Gasteiger partial charge in [-0.25, -0.2) is 0 Å². The van der Waals surface area contributed by atoms with E-state index in [1.54, 1.807) is 0 Å². The average molecular weight is 228 g/mol. The lowest BCUT2D eigenvalue weighted by atomic mass is 10.1. The summed E-state index contributed by atoms with van der Waals surface area (Å²) in [5.41, 5.74) is 0. The molecular formula is C12H24N2O2. The predicted octanol–water partition coefficient (Wildman–Crippen LogP) is 0.557. The Balaban J connectivity index is 2.21. The highest BCUT2D eigenvalue weighted by atomic mass is 16.3. The summed E-state index contributed by atoms with van der Waals surface area (Å²) in [6.07, 6.45) is 1.54. The molecule has 1 N–H and O–H groups in total. The molecule has 1 saturated heterocycles. The summed E-state index contributed by atoms with van der Waals surface area (Å²) < 4.78 is 0. The van der Waals surface area contributed by atoms with E-state index in [1.807, 2.05) is 4.90 Å². The van der Waals surface area contributed by atoms with Crippen LogP contribution in [-0.4, -0.2) is 60.1 Å². The zero-order valence-corrected chi connectivity index (χ0v) is 10.6. The fourth-order valence-electron chi connectivity index (χ4n) is 1.96. The van der Waals surface area contributed by atoms with Gasteiger partial charge in [0, 0.05) is 38.1 Å². The molecule has 4 heteroatoms. The highest BCUT2D eigenvalue weighted by Crippen LogP contribution is 2.17. The van der Waals surface area contributed by atoms with E-state index >= 15 is 0 Å². The molecule has 94 valence electrons. The summed E-state index contributed by atoms with van der Waals surface area (Å²) in [5, 5.41) is 9.00. The number of amides is 1. The van der Waals surface area contributed by atoms with E-state index in [0.29, 0.717) is 12.5 Å². The summed E-state index contributed by atoms with van der Waals surface area (Å²) in [7, 11) is 2.10. The van der Waals surface area contributed by atoms with Gasteiger partial charge in [0.1, 0.15) is 0 Å². The minimum atomic E-state index is 0.133. The van der Waals surface area contributed by atoms with E-state index in [1.165, 1.54) is 0 Å². The zero-order chi connectivity index (χ0) is 12.1. The standard InChI is InChI=1S/C12H24N2O2/c1-10(2)13(3)5-4-6-14-8-11(9-15)7-12(14)16/h10-11,15H,4-9H2,1-3H3. The number of aliphatic hydroxyl groups is 1. The molecule has 16 heavy (non-hydrogen) atoms. The molecule has 0 radical (unpaired) electrons. The topological polar surface area (TPSA) is 43.8 Å². The van der Waals surface area contributed by atoms with Gasteiger partial charge in [-0.15, -0.1) is 0 Å². The van der Waals surface area contributed by atoms with Crippen molar-refractivity contribution in [3.05, 3.63) is 0 Å². The first-order chi connectivity index (χ1) is 7.54. The number of carbonyl (C=O) groups is 1. The molecule has 0 aromatic carbocycles. The largest absolute Gasteiger partial charge is 0.396 e. The van der Waals surface area contributed by atoms with Crippen molar-refractivity contribution in [2.75, 3.05) is 33.3 Å². The molecule has 1 unspecified atom stereocenters. The number of rotatable bonds is 6. The zero-order valence-electron chi connectivity index (χ0n) is 10.6. The summed E-state index contributed by atoms with van der Waals surface area (Å²) in [6.45, 7) is 7.05. The first kappa shape index (κ1) is 13.5. The molecule has 1 rings (SSSR count). The van der Waals surface area contributed by atoms with E-state index in [2.05, 4.69) is 25.8 Å². The van der Waals surface area contributed by atoms with Gasteiger partial charge in [-0.2, -0.15) is 0 Å². The van der Waals surface area contributed by atoms with E-state index in [9.17, 15) is 4.79 Å². The Bertz CT molecular complexity index is 231. The summed E-state index contributed by atoms with van der Waals surface area (Å²) >= 11 is 0. The first-order valence-corrected chi connectivity index (χ1v) is 6.13. The van der Waals surface area contributed by atoms with Gasteiger partial charge in [0.05, 0.1) is 0 Å². The molecule has 1 aliphatic heterocycles. The fourth-order valence-corrected chi connectivity index (χ4v) is 1.96. The molecule has 0 spiro atoms. The molecule has 1 heterocycles. The third-order valence-corrected chi connectivity index (χ3v) is 3.37. The van der Waals surface area contributed by atoms with Crippen LogP contribution in [0.15, 0.2) is 0 Å². The van der Waals surface area contributed by atoms with Crippen molar-refractivity contribution in [3.8, 4) is 0 Å². The lowest BCUT2D eigenvalue weighted by Gasteiger charge is -2.23. The fraction of sp³-hybridized carbons (Fsp3) is 0.917. The number of aliphatic hydroxyl groups excluding tert-OH is 1. The van der Waals surface area contributed by atoms with Crippen LogP contribution in [0.2, 0.25) is 0 Å². The number of carbonyl (C=O) groups excluding carboxylic acids is 1. The molecule has 1 fully saturated rings. The van der Waals surface area contributed by atoms with Gasteiger partial charge in [0.15, 0.2) is 0 Å². The second-order valence-electron chi connectivity index (χ2n) is 5.02. The normalized spacial score (nSPS) is 21.5. The third kappa shape index (κ3) is 3.76. The second kappa shape index (κ2) is 6.21.